The van der Waals surface area contributed by atoms with Crippen LogP contribution in [-0.2, 0) is 11.8 Å². The number of benzene rings is 1. The van der Waals surface area contributed by atoms with Gasteiger partial charge < -0.3 is 10.6 Å². The molecule has 0 saturated heterocycles. The van der Waals surface area contributed by atoms with Crippen LogP contribution in [0, 0.1) is 0 Å². The predicted molar refractivity (Wildman–Crippen MR) is 95.7 cm³/mol. The van der Waals surface area contributed by atoms with Gasteiger partial charge in [0.1, 0.15) is 5.69 Å². The minimum Gasteiger partial charge on any atom is -0.354 e. The van der Waals surface area contributed by atoms with Crippen molar-refractivity contribution in [2.24, 2.45) is 7.05 Å². The number of aromatic amines is 1. The van der Waals surface area contributed by atoms with Gasteiger partial charge in [0.05, 0.1) is 5.69 Å². The van der Waals surface area contributed by atoms with Crippen LogP contribution >= 0.6 is 0 Å². The highest BCUT2D eigenvalue weighted by molar-refractivity contribution is 6.00. The molecule has 1 aliphatic heterocycles. The van der Waals surface area contributed by atoms with E-state index >= 15 is 0 Å². The lowest BCUT2D eigenvalue weighted by Crippen LogP contribution is -2.26. The van der Waals surface area contributed by atoms with Crippen molar-refractivity contribution in [2.45, 2.75) is 12.3 Å². The Labute approximate surface area is 149 Å². The van der Waals surface area contributed by atoms with E-state index in [2.05, 4.69) is 25.9 Å². The van der Waals surface area contributed by atoms with Gasteiger partial charge in [0.25, 0.3) is 5.91 Å². The van der Waals surface area contributed by atoms with Crippen LogP contribution in [0.15, 0.2) is 36.5 Å². The summed E-state index contributed by atoms with van der Waals surface area (Å²) in [5.74, 6) is -0.327. The highest BCUT2D eigenvalue weighted by Gasteiger charge is 2.35. The molecule has 3 heterocycles. The molecule has 8 nitrogen and oxygen atoms in total. The number of H-pyrrole nitrogens is 1. The highest BCUT2D eigenvalue weighted by atomic mass is 16.2. The normalized spacial score (nSPS) is 16.1. The third-order valence-corrected chi connectivity index (χ3v) is 4.53. The van der Waals surface area contributed by atoms with E-state index in [1.54, 1.807) is 11.7 Å². The quantitative estimate of drug-likeness (QED) is 0.668. The van der Waals surface area contributed by atoms with Crippen LogP contribution < -0.4 is 10.6 Å². The number of nitrogens with zero attached hydrogens (tertiary/aromatic N) is 3. The molecular formula is C18H18N6O2. The molecule has 0 saturated carbocycles. The van der Waals surface area contributed by atoms with Crippen molar-refractivity contribution in [1.29, 1.82) is 0 Å². The number of hydrogen-bond acceptors (Lipinski definition) is 4. The first-order valence-corrected chi connectivity index (χ1v) is 8.27. The average Bonchev–Trinajstić information content (AvgIpc) is 3.24. The molecule has 4 rings (SSSR count). The number of fused-ring (bicyclic) bond motifs is 1. The molecule has 26 heavy (non-hydrogen) atoms. The number of aromatic nitrogens is 4. The highest BCUT2D eigenvalue weighted by Crippen LogP contribution is 2.41. The maximum atomic E-state index is 12.2. The van der Waals surface area contributed by atoms with Crippen LogP contribution in [0.5, 0.6) is 0 Å². The second-order valence-electron chi connectivity index (χ2n) is 6.22. The zero-order chi connectivity index (χ0) is 18.3. The van der Waals surface area contributed by atoms with Crippen molar-refractivity contribution in [3.05, 3.63) is 53.3 Å². The third kappa shape index (κ3) is 2.55. The van der Waals surface area contributed by atoms with Gasteiger partial charge in [-0.25, -0.2) is 0 Å². The molecule has 0 fully saturated rings. The van der Waals surface area contributed by atoms with Gasteiger partial charge in [0.2, 0.25) is 5.91 Å². The summed E-state index contributed by atoms with van der Waals surface area (Å²) in [6, 6.07) is 9.79. The molecule has 1 unspecified atom stereocenters. The molecule has 1 aromatic carbocycles. The largest absolute Gasteiger partial charge is 0.354 e. The van der Waals surface area contributed by atoms with Crippen molar-refractivity contribution in [1.82, 2.24) is 25.3 Å². The minimum atomic E-state index is -0.311. The van der Waals surface area contributed by atoms with Gasteiger partial charge in [0, 0.05) is 49.3 Å². The summed E-state index contributed by atoms with van der Waals surface area (Å²) in [6.07, 6.45) is 2.12. The predicted octanol–water partition coefficient (Wildman–Crippen LogP) is 1.64. The van der Waals surface area contributed by atoms with Crippen molar-refractivity contribution in [3.63, 3.8) is 0 Å². The van der Waals surface area contributed by atoms with Crippen molar-refractivity contribution >= 4 is 17.6 Å². The molecule has 132 valence electrons. The van der Waals surface area contributed by atoms with Gasteiger partial charge in [-0.3, -0.25) is 19.4 Å². The Morgan fingerprint density at radius 2 is 2.08 bits per heavy atom. The number of carbonyl (C=O) groups is 2. The van der Waals surface area contributed by atoms with Gasteiger partial charge in [-0.05, 0) is 0 Å². The van der Waals surface area contributed by atoms with E-state index in [0.717, 1.165) is 16.8 Å². The van der Waals surface area contributed by atoms with Gasteiger partial charge >= 0.3 is 0 Å². The molecule has 2 aromatic heterocycles. The van der Waals surface area contributed by atoms with Gasteiger partial charge in [-0.2, -0.15) is 10.2 Å². The van der Waals surface area contributed by atoms with E-state index in [1.807, 2.05) is 43.6 Å². The smallest absolute Gasteiger partial charge is 0.269 e. The van der Waals surface area contributed by atoms with Crippen LogP contribution in [-0.4, -0.2) is 38.8 Å². The van der Waals surface area contributed by atoms with Crippen LogP contribution in [0.1, 0.15) is 34.0 Å². The average molecular weight is 350 g/mol. The molecule has 0 radical (unpaired) electrons. The van der Waals surface area contributed by atoms with E-state index in [9.17, 15) is 9.59 Å². The number of anilines is 1. The maximum absolute atomic E-state index is 12.2. The van der Waals surface area contributed by atoms with Crippen LogP contribution in [0.25, 0.3) is 11.3 Å². The fraction of sp³-hybridized carbons (Fsp3) is 0.222. The van der Waals surface area contributed by atoms with E-state index in [0.29, 0.717) is 17.1 Å². The number of rotatable bonds is 3. The fourth-order valence-electron chi connectivity index (χ4n) is 3.40. The first-order chi connectivity index (χ1) is 12.6. The fourth-order valence-corrected chi connectivity index (χ4v) is 3.40. The maximum Gasteiger partial charge on any atom is 0.269 e. The third-order valence-electron chi connectivity index (χ3n) is 4.53. The number of hydrogen-bond donors (Lipinski definition) is 3. The van der Waals surface area contributed by atoms with Crippen molar-refractivity contribution in [3.8, 4) is 11.3 Å². The molecule has 3 N–H and O–H groups in total. The first-order valence-electron chi connectivity index (χ1n) is 8.27. The standard InChI is InChI=1S/C18H18N6O2/c1-19-18(26)16-14-11(8-13(25)20-17(14)22-21-16)12-9-24(2)23-15(12)10-6-4-3-5-7-10/h3-7,9,11H,8H2,1-2H3,(H,19,26)(H2,20,21,22,25). The summed E-state index contributed by atoms with van der Waals surface area (Å²) in [6.45, 7) is 0. The van der Waals surface area contributed by atoms with E-state index < -0.39 is 0 Å². The van der Waals surface area contributed by atoms with Gasteiger partial charge in [0.15, 0.2) is 5.82 Å². The number of carbonyl (C=O) groups excluding carboxylic acids is 2. The summed E-state index contributed by atoms with van der Waals surface area (Å²) < 4.78 is 1.73. The molecule has 0 bridgehead atoms. The lowest BCUT2D eigenvalue weighted by Gasteiger charge is -2.22. The zero-order valence-electron chi connectivity index (χ0n) is 14.4. The number of nitrogens with one attached hydrogen (secondary N) is 3. The molecular weight excluding hydrogens is 332 g/mol. The molecule has 0 spiro atoms. The van der Waals surface area contributed by atoms with Gasteiger partial charge in [-0.15, -0.1) is 0 Å². The van der Waals surface area contributed by atoms with E-state index in [4.69, 9.17) is 0 Å². The topological polar surface area (TPSA) is 105 Å². The second-order valence-corrected chi connectivity index (χ2v) is 6.22. The van der Waals surface area contributed by atoms with E-state index in [1.165, 1.54) is 0 Å². The summed E-state index contributed by atoms with van der Waals surface area (Å²) >= 11 is 0. The second kappa shape index (κ2) is 6.14. The Morgan fingerprint density at radius 1 is 1.31 bits per heavy atom. The summed E-state index contributed by atoms with van der Waals surface area (Å²) in [5.41, 5.74) is 3.69. The Hall–Kier alpha value is -3.42. The van der Waals surface area contributed by atoms with Crippen LogP contribution in [0.2, 0.25) is 0 Å². The Kier molecular flexibility index (Phi) is 3.80. The molecule has 1 aliphatic rings. The van der Waals surface area contributed by atoms with Crippen LogP contribution in [0.4, 0.5) is 5.82 Å². The minimum absolute atomic E-state index is 0.139. The van der Waals surface area contributed by atoms with Crippen molar-refractivity contribution < 1.29 is 9.59 Å². The van der Waals surface area contributed by atoms with E-state index in [-0.39, 0.29) is 24.2 Å². The number of aryl methyl sites for hydroxylation is 1. The van der Waals surface area contributed by atoms with Crippen molar-refractivity contribution in [2.75, 3.05) is 12.4 Å². The SMILES string of the molecule is CNC(=O)c1[nH]nc2c1C(c1cn(C)nc1-c1ccccc1)CC(=O)N2. The lowest BCUT2D eigenvalue weighted by molar-refractivity contribution is -0.116. The summed E-state index contributed by atoms with van der Waals surface area (Å²) in [4.78, 5) is 24.5. The summed E-state index contributed by atoms with van der Waals surface area (Å²) in [7, 11) is 3.40. The Bertz CT molecular complexity index is 989. The Morgan fingerprint density at radius 3 is 2.81 bits per heavy atom. The lowest BCUT2D eigenvalue weighted by atomic mass is 9.84. The monoisotopic (exact) mass is 350 g/mol. The summed E-state index contributed by atoms with van der Waals surface area (Å²) in [5, 5.41) is 16.8. The van der Waals surface area contributed by atoms with Gasteiger partial charge in [-0.1, -0.05) is 30.3 Å². The molecule has 0 aliphatic carbocycles. The molecule has 3 aromatic rings. The number of amides is 2. The Balaban J connectivity index is 1.89. The van der Waals surface area contributed by atoms with Crippen LogP contribution in [0.3, 0.4) is 0 Å². The molecule has 1 atom stereocenters. The molecule has 8 heteroatoms. The molecule has 2 amide bonds. The zero-order valence-corrected chi connectivity index (χ0v) is 14.4. The first kappa shape index (κ1) is 16.1.